The van der Waals surface area contributed by atoms with Crippen molar-refractivity contribution >= 4 is 52.5 Å². The Hall–Kier alpha value is -1.76. The molecule has 2 heterocycles. The van der Waals surface area contributed by atoms with Crippen molar-refractivity contribution in [1.29, 1.82) is 0 Å². The second-order valence-corrected chi connectivity index (χ2v) is 8.35. The van der Waals surface area contributed by atoms with Gasteiger partial charge in [0.2, 0.25) is 5.91 Å². The van der Waals surface area contributed by atoms with Gasteiger partial charge in [-0.15, -0.1) is 23.4 Å². The molecule has 4 nitrogen and oxygen atoms in total. The molecule has 134 valence electrons. The first-order valence-electron chi connectivity index (χ1n) is 7.78. The summed E-state index contributed by atoms with van der Waals surface area (Å²) in [7, 11) is 0. The number of aliphatic carboxylic acids is 1. The fraction of sp³-hybridized carbons (Fsp3) is 0.222. The Morgan fingerprint density at radius 1 is 1.27 bits per heavy atom. The number of nitrogens with zero attached hydrogens (tertiary/aromatic N) is 1. The molecule has 2 aliphatic heterocycles. The van der Waals surface area contributed by atoms with E-state index in [1.165, 1.54) is 17.0 Å². The summed E-state index contributed by atoms with van der Waals surface area (Å²) in [5.74, 6) is -1.74. The highest BCUT2D eigenvalue weighted by molar-refractivity contribution is 8.00. The SMILES string of the molecule is O=C(O)C1CC2(c3ccc(F)cc3)C(Cl)C(=O)N2c2ccc(Cl)cc2S1. The van der Waals surface area contributed by atoms with Crippen LogP contribution in [0, 0.1) is 5.82 Å². The summed E-state index contributed by atoms with van der Waals surface area (Å²) >= 11 is 13.6. The van der Waals surface area contributed by atoms with Gasteiger partial charge in [-0.05, 0) is 35.9 Å². The molecule has 0 radical (unpaired) electrons. The van der Waals surface area contributed by atoms with E-state index in [0.29, 0.717) is 21.2 Å². The largest absolute Gasteiger partial charge is 0.480 e. The summed E-state index contributed by atoms with van der Waals surface area (Å²) < 4.78 is 13.4. The molecule has 26 heavy (non-hydrogen) atoms. The minimum Gasteiger partial charge on any atom is -0.480 e. The minimum atomic E-state index is -1.05. The van der Waals surface area contributed by atoms with Crippen molar-refractivity contribution < 1.29 is 19.1 Å². The van der Waals surface area contributed by atoms with Crippen LogP contribution in [0.15, 0.2) is 47.4 Å². The molecule has 1 amide bonds. The molecule has 8 heteroatoms. The number of carboxylic acid groups (broad SMARTS) is 1. The highest BCUT2D eigenvalue weighted by Gasteiger charge is 2.63. The number of halogens is 3. The van der Waals surface area contributed by atoms with Gasteiger partial charge in [0.1, 0.15) is 16.4 Å². The number of carbonyl (C=O) groups is 2. The van der Waals surface area contributed by atoms with Crippen LogP contribution in [0.5, 0.6) is 0 Å². The predicted molar refractivity (Wildman–Crippen MR) is 98.6 cm³/mol. The van der Waals surface area contributed by atoms with Gasteiger partial charge in [0.15, 0.2) is 0 Å². The quantitative estimate of drug-likeness (QED) is 0.591. The number of carboxylic acids is 1. The van der Waals surface area contributed by atoms with Crippen LogP contribution < -0.4 is 4.90 Å². The highest BCUT2D eigenvalue weighted by atomic mass is 35.5. The summed E-state index contributed by atoms with van der Waals surface area (Å²) in [5.41, 5.74) is 0.115. The Labute approximate surface area is 162 Å². The van der Waals surface area contributed by atoms with E-state index in [-0.39, 0.29) is 12.3 Å². The van der Waals surface area contributed by atoms with Crippen molar-refractivity contribution in [2.24, 2.45) is 0 Å². The maximum atomic E-state index is 13.4. The Kier molecular flexibility index (Phi) is 4.17. The Bertz CT molecular complexity index is 923. The Balaban J connectivity index is 1.95. The molecule has 1 saturated heterocycles. The molecule has 2 aromatic carbocycles. The van der Waals surface area contributed by atoms with E-state index in [4.69, 9.17) is 23.2 Å². The number of hydrogen-bond acceptors (Lipinski definition) is 3. The molecule has 2 aromatic rings. The summed E-state index contributed by atoms with van der Waals surface area (Å²) in [6, 6.07) is 10.6. The molecular formula is C18H12Cl2FNO3S. The maximum Gasteiger partial charge on any atom is 0.317 e. The van der Waals surface area contributed by atoms with Gasteiger partial charge in [0.25, 0.3) is 0 Å². The number of β-lactam (4-membered cyclic amide) rings is 1. The normalized spacial score (nSPS) is 27.2. The van der Waals surface area contributed by atoms with Crippen molar-refractivity contribution in [3.8, 4) is 0 Å². The van der Waals surface area contributed by atoms with E-state index in [2.05, 4.69) is 0 Å². The van der Waals surface area contributed by atoms with Gasteiger partial charge in [-0.3, -0.25) is 14.5 Å². The summed E-state index contributed by atoms with van der Waals surface area (Å²) in [4.78, 5) is 26.6. The van der Waals surface area contributed by atoms with Crippen LogP contribution in [0.2, 0.25) is 5.02 Å². The average Bonchev–Trinajstić information content (AvgIpc) is 2.75. The van der Waals surface area contributed by atoms with Gasteiger partial charge in [-0.1, -0.05) is 23.7 Å². The van der Waals surface area contributed by atoms with Crippen molar-refractivity contribution in [3.05, 3.63) is 58.9 Å². The van der Waals surface area contributed by atoms with Gasteiger partial charge >= 0.3 is 5.97 Å². The second kappa shape index (κ2) is 6.15. The average molecular weight is 412 g/mol. The molecule has 3 unspecified atom stereocenters. The lowest BCUT2D eigenvalue weighted by atomic mass is 9.73. The van der Waals surface area contributed by atoms with Crippen LogP contribution in [0.25, 0.3) is 0 Å². The zero-order chi connectivity index (χ0) is 18.6. The standard InChI is InChI=1S/C18H12Cl2FNO3S/c19-10-3-6-12-13(7-10)26-14(17(24)25)8-18(15(20)16(23)22(12)18)9-1-4-11(21)5-2-9/h1-7,14-15H,8H2,(H,24,25). The van der Waals surface area contributed by atoms with Crippen LogP contribution in [-0.4, -0.2) is 27.6 Å². The predicted octanol–water partition coefficient (Wildman–Crippen LogP) is 4.28. The lowest BCUT2D eigenvalue weighted by molar-refractivity contribution is -0.138. The Morgan fingerprint density at radius 2 is 1.96 bits per heavy atom. The molecule has 4 rings (SSSR count). The third-order valence-electron chi connectivity index (χ3n) is 4.80. The molecule has 1 N–H and O–H groups in total. The summed E-state index contributed by atoms with van der Waals surface area (Å²) in [5, 5.41) is 8.36. The third kappa shape index (κ3) is 2.43. The van der Waals surface area contributed by atoms with E-state index < -0.39 is 28.0 Å². The van der Waals surface area contributed by atoms with Crippen molar-refractivity contribution in [3.63, 3.8) is 0 Å². The topological polar surface area (TPSA) is 57.6 Å². The van der Waals surface area contributed by atoms with Gasteiger partial charge in [-0.2, -0.15) is 0 Å². The van der Waals surface area contributed by atoms with Crippen LogP contribution >= 0.6 is 35.0 Å². The van der Waals surface area contributed by atoms with Gasteiger partial charge < -0.3 is 5.11 Å². The molecule has 1 fully saturated rings. The third-order valence-corrected chi connectivity index (χ3v) is 6.82. The smallest absolute Gasteiger partial charge is 0.317 e. The number of rotatable bonds is 2. The molecule has 0 saturated carbocycles. The molecular weight excluding hydrogens is 400 g/mol. The first kappa shape index (κ1) is 17.6. The summed E-state index contributed by atoms with van der Waals surface area (Å²) in [6.45, 7) is 0. The lowest BCUT2D eigenvalue weighted by Crippen LogP contribution is -2.71. The highest BCUT2D eigenvalue weighted by Crippen LogP contribution is 2.57. The van der Waals surface area contributed by atoms with E-state index in [0.717, 1.165) is 11.8 Å². The molecule has 0 bridgehead atoms. The first-order chi connectivity index (χ1) is 12.3. The number of anilines is 1. The first-order valence-corrected chi connectivity index (χ1v) is 9.47. The van der Waals surface area contributed by atoms with Gasteiger partial charge in [-0.25, -0.2) is 4.39 Å². The number of carbonyl (C=O) groups excluding carboxylic acids is 1. The van der Waals surface area contributed by atoms with Crippen LogP contribution in [0.4, 0.5) is 10.1 Å². The molecule has 0 aromatic heterocycles. The van der Waals surface area contributed by atoms with E-state index in [1.807, 2.05) is 0 Å². The number of hydrogen-bond donors (Lipinski definition) is 1. The molecule has 2 aliphatic rings. The van der Waals surface area contributed by atoms with Crippen molar-refractivity contribution in [1.82, 2.24) is 0 Å². The zero-order valence-electron chi connectivity index (χ0n) is 13.2. The number of benzene rings is 2. The van der Waals surface area contributed by atoms with Gasteiger partial charge in [0.05, 0.1) is 11.2 Å². The Morgan fingerprint density at radius 3 is 2.62 bits per heavy atom. The van der Waals surface area contributed by atoms with Crippen molar-refractivity contribution in [2.75, 3.05) is 4.90 Å². The van der Waals surface area contributed by atoms with Gasteiger partial charge in [0, 0.05) is 16.3 Å². The van der Waals surface area contributed by atoms with Crippen LogP contribution in [-0.2, 0) is 15.1 Å². The van der Waals surface area contributed by atoms with E-state index >= 15 is 0 Å². The zero-order valence-corrected chi connectivity index (χ0v) is 15.5. The number of fused-ring (bicyclic) bond motifs is 3. The number of amides is 1. The number of alkyl halides is 1. The minimum absolute atomic E-state index is 0.102. The van der Waals surface area contributed by atoms with E-state index in [9.17, 15) is 19.1 Å². The summed E-state index contributed by atoms with van der Waals surface area (Å²) in [6.07, 6.45) is 0.102. The fourth-order valence-electron chi connectivity index (χ4n) is 3.60. The molecule has 0 spiro atoms. The molecule has 3 atom stereocenters. The van der Waals surface area contributed by atoms with Crippen LogP contribution in [0.1, 0.15) is 12.0 Å². The number of thioether (sulfide) groups is 1. The second-order valence-electron chi connectivity index (χ2n) is 6.23. The monoisotopic (exact) mass is 411 g/mol. The fourth-order valence-corrected chi connectivity index (χ4v) is 5.47. The van der Waals surface area contributed by atoms with Crippen LogP contribution in [0.3, 0.4) is 0 Å². The lowest BCUT2D eigenvalue weighted by Gasteiger charge is -2.55. The van der Waals surface area contributed by atoms with Crippen molar-refractivity contribution in [2.45, 2.75) is 27.5 Å². The maximum absolute atomic E-state index is 13.4. The van der Waals surface area contributed by atoms with E-state index in [1.54, 1.807) is 30.3 Å². The molecule has 0 aliphatic carbocycles.